The Balaban J connectivity index is 1.74. The van der Waals surface area contributed by atoms with Gasteiger partial charge in [0.1, 0.15) is 0 Å². The van der Waals surface area contributed by atoms with E-state index >= 15 is 0 Å². The summed E-state index contributed by atoms with van der Waals surface area (Å²) in [7, 11) is 0. The number of fused-ring (bicyclic) bond motifs is 2. The molecule has 2 atom stereocenters. The number of Topliss-reactive ketones (excluding diaryl/α,β-unsaturated/α-hetero) is 1. The maximum Gasteiger partial charge on any atom is 0.169 e. The molecule has 0 saturated carbocycles. The molecule has 4 heteroatoms. The Kier molecular flexibility index (Phi) is 3.44. The molecule has 0 radical (unpaired) electrons. The maximum absolute atomic E-state index is 12.7. The van der Waals surface area contributed by atoms with Gasteiger partial charge in [0.15, 0.2) is 5.78 Å². The number of piperidine rings is 2. The highest BCUT2D eigenvalue weighted by molar-refractivity contribution is 5.97. The quantitative estimate of drug-likeness (QED) is 0.844. The number of ketones is 1. The summed E-state index contributed by atoms with van der Waals surface area (Å²) < 4.78 is 1.89. The van der Waals surface area contributed by atoms with Crippen molar-refractivity contribution in [1.82, 2.24) is 15.1 Å². The van der Waals surface area contributed by atoms with Crippen LogP contribution in [0.4, 0.5) is 0 Å². The minimum absolute atomic E-state index is 0.0663. The van der Waals surface area contributed by atoms with E-state index in [1.165, 1.54) is 19.3 Å². The van der Waals surface area contributed by atoms with Gasteiger partial charge < -0.3 is 5.32 Å². The Hall–Kier alpha value is -1.16. The zero-order chi connectivity index (χ0) is 14.3. The largest absolute Gasteiger partial charge is 0.311 e. The third kappa shape index (κ3) is 2.66. The number of hydrogen-bond donors (Lipinski definition) is 1. The highest BCUT2D eigenvalue weighted by Gasteiger charge is 2.35. The van der Waals surface area contributed by atoms with E-state index in [-0.39, 0.29) is 11.5 Å². The molecule has 0 amide bonds. The smallest absolute Gasteiger partial charge is 0.169 e. The van der Waals surface area contributed by atoms with Gasteiger partial charge in [0.05, 0.1) is 17.3 Å². The van der Waals surface area contributed by atoms with E-state index in [0.29, 0.717) is 17.9 Å². The van der Waals surface area contributed by atoms with Gasteiger partial charge in [-0.15, -0.1) is 0 Å². The first-order valence-electron chi connectivity index (χ1n) is 7.79. The van der Waals surface area contributed by atoms with Crippen LogP contribution in [0.2, 0.25) is 0 Å². The molecule has 20 heavy (non-hydrogen) atoms. The molecule has 0 spiro atoms. The molecule has 1 aromatic heterocycles. The van der Waals surface area contributed by atoms with Crippen LogP contribution in [0.25, 0.3) is 0 Å². The zero-order valence-electron chi connectivity index (χ0n) is 12.7. The zero-order valence-corrected chi connectivity index (χ0v) is 12.7. The number of hydrogen-bond acceptors (Lipinski definition) is 3. The third-order valence-corrected chi connectivity index (χ3v) is 4.64. The van der Waals surface area contributed by atoms with Crippen LogP contribution in [0.1, 0.15) is 63.2 Å². The van der Waals surface area contributed by atoms with E-state index in [1.54, 1.807) is 6.20 Å². The monoisotopic (exact) mass is 275 g/mol. The highest BCUT2D eigenvalue weighted by atomic mass is 16.1. The lowest BCUT2D eigenvalue weighted by Gasteiger charge is -2.39. The van der Waals surface area contributed by atoms with Crippen molar-refractivity contribution in [2.45, 2.75) is 70.5 Å². The van der Waals surface area contributed by atoms with E-state index in [2.05, 4.69) is 31.2 Å². The number of nitrogens with zero attached hydrogens (tertiary/aromatic N) is 2. The standard InChI is InChI=1S/C16H25N3O/c1-16(2,3)19-10-12(9-17-19)15(20)11-7-13-5-4-6-14(8-11)18-13/h9-11,13-14,18H,4-8H2,1-3H3. The molecule has 110 valence electrons. The van der Waals surface area contributed by atoms with Crippen LogP contribution < -0.4 is 5.32 Å². The van der Waals surface area contributed by atoms with E-state index < -0.39 is 0 Å². The molecule has 3 heterocycles. The molecule has 0 aromatic carbocycles. The van der Waals surface area contributed by atoms with Crippen molar-refractivity contribution in [1.29, 1.82) is 0 Å². The van der Waals surface area contributed by atoms with Gasteiger partial charge in [-0.05, 0) is 46.5 Å². The Morgan fingerprint density at radius 2 is 1.95 bits per heavy atom. The van der Waals surface area contributed by atoms with Crippen LogP contribution in [-0.4, -0.2) is 27.6 Å². The number of nitrogens with one attached hydrogen (secondary N) is 1. The molecule has 3 rings (SSSR count). The highest BCUT2D eigenvalue weighted by Crippen LogP contribution is 2.31. The molecule has 1 aromatic rings. The SMILES string of the molecule is CC(C)(C)n1cc(C(=O)C2CC3CCCC(C2)N3)cn1. The van der Waals surface area contributed by atoms with E-state index in [1.807, 2.05) is 10.9 Å². The van der Waals surface area contributed by atoms with Gasteiger partial charge in [-0.25, -0.2) is 0 Å². The van der Waals surface area contributed by atoms with Gasteiger partial charge in [-0.2, -0.15) is 5.10 Å². The predicted molar refractivity (Wildman–Crippen MR) is 78.8 cm³/mol. The average molecular weight is 275 g/mol. The summed E-state index contributed by atoms with van der Waals surface area (Å²) in [5.74, 6) is 0.475. The molecule has 2 saturated heterocycles. The van der Waals surface area contributed by atoms with Crippen molar-refractivity contribution >= 4 is 5.78 Å². The summed E-state index contributed by atoms with van der Waals surface area (Å²) in [6.45, 7) is 6.30. The van der Waals surface area contributed by atoms with Crippen LogP contribution in [0, 0.1) is 5.92 Å². The lowest BCUT2D eigenvalue weighted by atomic mass is 9.77. The Morgan fingerprint density at radius 1 is 1.30 bits per heavy atom. The molecule has 2 unspecified atom stereocenters. The van der Waals surface area contributed by atoms with Crippen LogP contribution in [-0.2, 0) is 5.54 Å². The Morgan fingerprint density at radius 3 is 2.50 bits per heavy atom. The molecule has 1 N–H and O–H groups in total. The van der Waals surface area contributed by atoms with Crippen molar-refractivity contribution in [3.8, 4) is 0 Å². The van der Waals surface area contributed by atoms with Crippen LogP contribution >= 0.6 is 0 Å². The molecule has 0 aliphatic carbocycles. The van der Waals surface area contributed by atoms with Crippen LogP contribution in [0.15, 0.2) is 12.4 Å². The van der Waals surface area contributed by atoms with Gasteiger partial charge in [-0.1, -0.05) is 6.42 Å². The fraction of sp³-hybridized carbons (Fsp3) is 0.750. The second kappa shape index (κ2) is 4.99. The minimum Gasteiger partial charge on any atom is -0.311 e. The van der Waals surface area contributed by atoms with Crippen molar-refractivity contribution in [3.05, 3.63) is 18.0 Å². The summed E-state index contributed by atoms with van der Waals surface area (Å²) in [6, 6.07) is 1.10. The first-order valence-corrected chi connectivity index (χ1v) is 7.79. The fourth-order valence-corrected chi connectivity index (χ4v) is 3.53. The molecular formula is C16H25N3O. The molecular weight excluding hydrogens is 250 g/mol. The van der Waals surface area contributed by atoms with Crippen LogP contribution in [0.3, 0.4) is 0 Å². The summed E-state index contributed by atoms with van der Waals surface area (Å²) in [4.78, 5) is 12.7. The number of carbonyl (C=O) groups excluding carboxylic acids is 1. The van der Waals surface area contributed by atoms with Gasteiger partial charge in [0.25, 0.3) is 0 Å². The lowest BCUT2D eigenvalue weighted by molar-refractivity contribution is 0.0825. The molecule has 2 bridgehead atoms. The summed E-state index contributed by atoms with van der Waals surface area (Å²) in [5.41, 5.74) is 0.716. The predicted octanol–water partition coefficient (Wildman–Crippen LogP) is 2.74. The van der Waals surface area contributed by atoms with Crippen LogP contribution in [0.5, 0.6) is 0 Å². The summed E-state index contributed by atoms with van der Waals surface area (Å²) >= 11 is 0. The average Bonchev–Trinajstić information content (AvgIpc) is 2.86. The summed E-state index contributed by atoms with van der Waals surface area (Å²) in [5, 5.41) is 8.00. The van der Waals surface area contributed by atoms with E-state index in [4.69, 9.17) is 0 Å². The molecule has 4 nitrogen and oxygen atoms in total. The normalized spacial score (nSPS) is 30.2. The van der Waals surface area contributed by atoms with Crippen molar-refractivity contribution in [2.24, 2.45) is 5.92 Å². The van der Waals surface area contributed by atoms with Crippen molar-refractivity contribution < 1.29 is 4.79 Å². The van der Waals surface area contributed by atoms with E-state index in [9.17, 15) is 4.79 Å². The topological polar surface area (TPSA) is 46.9 Å². The van der Waals surface area contributed by atoms with Gasteiger partial charge >= 0.3 is 0 Å². The second-order valence-corrected chi connectivity index (χ2v) is 7.37. The maximum atomic E-state index is 12.7. The fourth-order valence-electron chi connectivity index (χ4n) is 3.53. The first kappa shape index (κ1) is 13.8. The lowest BCUT2D eigenvalue weighted by Crippen LogP contribution is -2.50. The Labute approximate surface area is 120 Å². The number of aromatic nitrogens is 2. The molecule has 2 aliphatic heterocycles. The summed E-state index contributed by atoms with van der Waals surface area (Å²) in [6.07, 6.45) is 9.41. The molecule has 2 fully saturated rings. The molecule has 2 aliphatic rings. The van der Waals surface area contributed by atoms with Crippen molar-refractivity contribution in [3.63, 3.8) is 0 Å². The number of rotatable bonds is 2. The third-order valence-electron chi connectivity index (χ3n) is 4.64. The van der Waals surface area contributed by atoms with Gasteiger partial charge in [-0.3, -0.25) is 9.48 Å². The second-order valence-electron chi connectivity index (χ2n) is 7.37. The number of carbonyl (C=O) groups is 1. The van der Waals surface area contributed by atoms with Crippen molar-refractivity contribution in [2.75, 3.05) is 0 Å². The van der Waals surface area contributed by atoms with E-state index in [0.717, 1.165) is 18.4 Å². The minimum atomic E-state index is -0.0663. The van der Waals surface area contributed by atoms with Gasteiger partial charge in [0.2, 0.25) is 0 Å². The Bertz CT molecular complexity index is 488. The first-order chi connectivity index (χ1) is 9.43. The van der Waals surface area contributed by atoms with Gasteiger partial charge in [0, 0.05) is 24.2 Å².